The molecule has 1 fully saturated rings. The lowest BCUT2D eigenvalue weighted by atomic mass is 9.96. The van der Waals surface area contributed by atoms with Crippen molar-refractivity contribution in [3.8, 4) is 0 Å². The minimum atomic E-state index is -0.447. The standard InChI is InChI=1S/C12H19N3O3S/c1-3-18-12(17)9-10(13)14-19-11(9)15-5-4-7(2)8(16)6-15/h7-8,16H,3-6H2,1-2H3,(H2,13,14). The van der Waals surface area contributed by atoms with Crippen LogP contribution in [0.25, 0.3) is 0 Å². The van der Waals surface area contributed by atoms with Gasteiger partial charge in [-0.15, -0.1) is 0 Å². The van der Waals surface area contributed by atoms with Gasteiger partial charge in [0.1, 0.15) is 10.6 Å². The van der Waals surface area contributed by atoms with E-state index in [0.29, 0.717) is 23.7 Å². The zero-order valence-corrected chi connectivity index (χ0v) is 11.9. The second kappa shape index (κ2) is 5.75. The second-order valence-corrected chi connectivity index (χ2v) is 5.50. The molecule has 19 heavy (non-hydrogen) atoms. The highest BCUT2D eigenvalue weighted by Gasteiger charge is 2.30. The molecule has 0 aliphatic carbocycles. The van der Waals surface area contributed by atoms with Crippen LogP contribution in [0.1, 0.15) is 30.6 Å². The van der Waals surface area contributed by atoms with E-state index in [1.807, 2.05) is 11.8 Å². The zero-order valence-electron chi connectivity index (χ0n) is 11.1. The highest BCUT2D eigenvalue weighted by Crippen LogP contribution is 2.34. The summed E-state index contributed by atoms with van der Waals surface area (Å²) in [6, 6.07) is 0. The first-order chi connectivity index (χ1) is 9.04. The van der Waals surface area contributed by atoms with E-state index in [1.54, 1.807) is 6.92 Å². The van der Waals surface area contributed by atoms with Crippen LogP contribution in [0.5, 0.6) is 0 Å². The molecule has 0 spiro atoms. The van der Waals surface area contributed by atoms with Crippen LogP contribution < -0.4 is 10.6 Å². The quantitative estimate of drug-likeness (QED) is 0.809. The number of nitrogens with two attached hydrogens (primary N) is 1. The Labute approximate surface area is 116 Å². The molecule has 1 aromatic heterocycles. The topological polar surface area (TPSA) is 88.7 Å². The van der Waals surface area contributed by atoms with Crippen molar-refractivity contribution in [3.63, 3.8) is 0 Å². The predicted octanol–water partition coefficient (Wildman–Crippen LogP) is 1.11. The molecule has 2 unspecified atom stereocenters. The lowest BCUT2D eigenvalue weighted by molar-refractivity contribution is 0.0527. The highest BCUT2D eigenvalue weighted by atomic mass is 32.1. The largest absolute Gasteiger partial charge is 0.462 e. The molecule has 1 aromatic rings. The van der Waals surface area contributed by atoms with Crippen molar-refractivity contribution < 1.29 is 14.6 Å². The number of ether oxygens (including phenoxy) is 1. The number of aliphatic hydroxyl groups excluding tert-OH is 1. The first-order valence-corrected chi connectivity index (χ1v) is 7.17. The van der Waals surface area contributed by atoms with E-state index in [2.05, 4.69) is 4.37 Å². The molecule has 0 radical (unpaired) electrons. The Bertz CT molecular complexity index is 463. The summed E-state index contributed by atoms with van der Waals surface area (Å²) >= 11 is 1.18. The van der Waals surface area contributed by atoms with E-state index in [-0.39, 0.29) is 11.7 Å². The summed E-state index contributed by atoms with van der Waals surface area (Å²) in [5, 5.41) is 10.6. The van der Waals surface area contributed by atoms with Crippen molar-refractivity contribution in [3.05, 3.63) is 5.56 Å². The Morgan fingerprint density at radius 2 is 2.42 bits per heavy atom. The number of piperidine rings is 1. The molecule has 106 valence electrons. The van der Waals surface area contributed by atoms with E-state index in [9.17, 15) is 9.90 Å². The normalized spacial score (nSPS) is 23.4. The summed E-state index contributed by atoms with van der Waals surface area (Å²) in [5.74, 6) is 0.0241. The van der Waals surface area contributed by atoms with Crippen LogP contribution in [-0.2, 0) is 4.74 Å². The third-order valence-corrected chi connectivity index (χ3v) is 4.31. The van der Waals surface area contributed by atoms with Gasteiger partial charge >= 0.3 is 5.97 Å². The molecule has 0 bridgehead atoms. The van der Waals surface area contributed by atoms with Crippen LogP contribution in [-0.4, -0.2) is 41.2 Å². The third-order valence-electron chi connectivity index (χ3n) is 3.39. The van der Waals surface area contributed by atoms with Gasteiger partial charge in [-0.05, 0) is 30.8 Å². The first kappa shape index (κ1) is 14.1. The number of esters is 1. The summed E-state index contributed by atoms with van der Waals surface area (Å²) < 4.78 is 9.04. The SMILES string of the molecule is CCOC(=O)c1c(N)nsc1N1CCC(C)C(O)C1. The third kappa shape index (κ3) is 2.82. The monoisotopic (exact) mass is 285 g/mol. The average molecular weight is 285 g/mol. The van der Waals surface area contributed by atoms with Gasteiger partial charge in [0.15, 0.2) is 5.82 Å². The number of carbonyl (C=O) groups excluding carboxylic acids is 1. The highest BCUT2D eigenvalue weighted by molar-refractivity contribution is 7.11. The van der Waals surface area contributed by atoms with Gasteiger partial charge in [0, 0.05) is 13.1 Å². The first-order valence-electron chi connectivity index (χ1n) is 6.39. The molecule has 1 aliphatic heterocycles. The van der Waals surface area contributed by atoms with E-state index >= 15 is 0 Å². The summed E-state index contributed by atoms with van der Waals surface area (Å²) in [6.07, 6.45) is 0.480. The maximum Gasteiger partial charge on any atom is 0.345 e. The van der Waals surface area contributed by atoms with Crippen LogP contribution in [0, 0.1) is 5.92 Å². The lowest BCUT2D eigenvalue weighted by Gasteiger charge is -2.34. The van der Waals surface area contributed by atoms with Crippen LogP contribution >= 0.6 is 11.5 Å². The van der Waals surface area contributed by atoms with Crippen LogP contribution in [0.2, 0.25) is 0 Å². The smallest absolute Gasteiger partial charge is 0.345 e. The van der Waals surface area contributed by atoms with E-state index in [4.69, 9.17) is 10.5 Å². The number of rotatable bonds is 3. The van der Waals surface area contributed by atoms with Gasteiger partial charge in [0.2, 0.25) is 0 Å². The molecule has 2 atom stereocenters. The summed E-state index contributed by atoms with van der Waals surface area (Å²) in [6.45, 7) is 5.35. The number of carbonyl (C=O) groups is 1. The Hall–Kier alpha value is -1.34. The molecule has 2 rings (SSSR count). The van der Waals surface area contributed by atoms with Gasteiger partial charge in [-0.1, -0.05) is 6.92 Å². The number of aromatic nitrogens is 1. The zero-order chi connectivity index (χ0) is 14.0. The number of hydrogen-bond donors (Lipinski definition) is 2. The fourth-order valence-corrected chi connectivity index (χ4v) is 2.97. The van der Waals surface area contributed by atoms with Gasteiger partial charge in [0.05, 0.1) is 12.7 Å². The Kier molecular flexibility index (Phi) is 4.26. The number of nitrogens with zero attached hydrogens (tertiary/aromatic N) is 2. The van der Waals surface area contributed by atoms with Crippen LogP contribution in [0.15, 0.2) is 0 Å². The minimum Gasteiger partial charge on any atom is -0.462 e. The number of aliphatic hydroxyl groups is 1. The fourth-order valence-electron chi connectivity index (χ4n) is 2.14. The van der Waals surface area contributed by atoms with E-state index < -0.39 is 12.1 Å². The summed E-state index contributed by atoms with van der Waals surface area (Å²) in [4.78, 5) is 13.9. The van der Waals surface area contributed by atoms with Crippen molar-refractivity contribution in [1.29, 1.82) is 0 Å². The van der Waals surface area contributed by atoms with Crippen molar-refractivity contribution >= 4 is 28.3 Å². The van der Waals surface area contributed by atoms with Crippen LogP contribution in [0.3, 0.4) is 0 Å². The van der Waals surface area contributed by atoms with Crippen molar-refractivity contribution in [2.24, 2.45) is 5.92 Å². The number of hydrogen-bond acceptors (Lipinski definition) is 7. The molecule has 3 N–H and O–H groups in total. The summed E-state index contributed by atoms with van der Waals surface area (Å²) in [7, 11) is 0. The van der Waals surface area contributed by atoms with E-state index in [1.165, 1.54) is 11.5 Å². The van der Waals surface area contributed by atoms with Gasteiger partial charge in [-0.25, -0.2) is 4.79 Å². The van der Waals surface area contributed by atoms with Crippen molar-refractivity contribution in [1.82, 2.24) is 4.37 Å². The summed E-state index contributed by atoms with van der Waals surface area (Å²) in [5.41, 5.74) is 6.08. The van der Waals surface area contributed by atoms with Crippen molar-refractivity contribution in [2.45, 2.75) is 26.4 Å². The molecule has 1 saturated heterocycles. The molecule has 1 aliphatic rings. The molecular weight excluding hydrogens is 266 g/mol. The number of anilines is 2. The molecule has 0 amide bonds. The molecule has 6 nitrogen and oxygen atoms in total. The maximum absolute atomic E-state index is 11.9. The number of β-amino-alcohol motifs (C(OH)–C–C–N with tert-alkyl or cyclic N) is 1. The second-order valence-electron chi connectivity index (χ2n) is 4.75. The Morgan fingerprint density at radius 1 is 1.68 bits per heavy atom. The molecule has 0 saturated carbocycles. The predicted molar refractivity (Wildman–Crippen MR) is 74.5 cm³/mol. The maximum atomic E-state index is 11.9. The lowest BCUT2D eigenvalue weighted by Crippen LogP contribution is -2.43. The van der Waals surface area contributed by atoms with Gasteiger partial charge < -0.3 is 20.5 Å². The molecule has 0 aromatic carbocycles. The van der Waals surface area contributed by atoms with Gasteiger partial charge in [-0.2, -0.15) is 4.37 Å². The fraction of sp³-hybridized carbons (Fsp3) is 0.667. The number of nitrogen functional groups attached to an aromatic ring is 1. The van der Waals surface area contributed by atoms with Crippen molar-refractivity contribution in [2.75, 3.05) is 30.3 Å². The molecule has 7 heteroatoms. The molecular formula is C12H19N3O3S. The Balaban J connectivity index is 2.23. The van der Waals surface area contributed by atoms with E-state index in [0.717, 1.165) is 13.0 Å². The minimum absolute atomic E-state index is 0.201. The average Bonchev–Trinajstić information content (AvgIpc) is 2.75. The molecule has 2 heterocycles. The van der Waals surface area contributed by atoms with Crippen LogP contribution in [0.4, 0.5) is 10.8 Å². The Morgan fingerprint density at radius 3 is 3.05 bits per heavy atom. The van der Waals surface area contributed by atoms with Gasteiger partial charge in [0.25, 0.3) is 0 Å². The van der Waals surface area contributed by atoms with Gasteiger partial charge in [-0.3, -0.25) is 0 Å².